The number of rotatable bonds is 3. The third-order valence-corrected chi connectivity index (χ3v) is 3.51. The summed E-state index contributed by atoms with van der Waals surface area (Å²) in [6.07, 6.45) is 2.93. The molecule has 0 aromatic carbocycles. The van der Waals surface area contributed by atoms with E-state index >= 15 is 0 Å². The van der Waals surface area contributed by atoms with Crippen LogP contribution in [0.25, 0.3) is 0 Å². The van der Waals surface area contributed by atoms with E-state index in [2.05, 4.69) is 33.6 Å². The first-order chi connectivity index (χ1) is 8.20. The Kier molecular flexibility index (Phi) is 3.78. The molecule has 94 valence electrons. The van der Waals surface area contributed by atoms with E-state index in [0.29, 0.717) is 12.0 Å². The standard InChI is InChI=1S/C12H21N5/c1-3-10(2)16-6-8-17(9-7-16)11-4-5-14-12(13)15-11/h4-5,10H,3,6-9H2,1-2H3,(H2,13,14,15). The zero-order valence-electron chi connectivity index (χ0n) is 10.6. The Morgan fingerprint density at radius 3 is 2.65 bits per heavy atom. The zero-order chi connectivity index (χ0) is 12.3. The van der Waals surface area contributed by atoms with Crippen LogP contribution in [-0.4, -0.2) is 47.1 Å². The monoisotopic (exact) mass is 235 g/mol. The van der Waals surface area contributed by atoms with Gasteiger partial charge in [-0.2, -0.15) is 4.98 Å². The van der Waals surface area contributed by atoms with Gasteiger partial charge in [-0.1, -0.05) is 6.92 Å². The molecular weight excluding hydrogens is 214 g/mol. The first-order valence-corrected chi connectivity index (χ1v) is 6.28. The summed E-state index contributed by atoms with van der Waals surface area (Å²) in [5, 5.41) is 0. The first kappa shape index (κ1) is 12.1. The predicted octanol–water partition coefficient (Wildman–Crippen LogP) is 0.979. The molecule has 2 heterocycles. The molecule has 1 aromatic heterocycles. The quantitative estimate of drug-likeness (QED) is 0.846. The van der Waals surface area contributed by atoms with Crippen molar-refractivity contribution in [3.63, 3.8) is 0 Å². The third-order valence-electron chi connectivity index (χ3n) is 3.51. The minimum Gasteiger partial charge on any atom is -0.368 e. The normalized spacial score (nSPS) is 19.3. The van der Waals surface area contributed by atoms with Crippen LogP contribution in [0.4, 0.5) is 11.8 Å². The molecule has 1 aromatic rings. The van der Waals surface area contributed by atoms with Gasteiger partial charge in [-0.25, -0.2) is 4.98 Å². The maximum absolute atomic E-state index is 5.60. The van der Waals surface area contributed by atoms with Crippen LogP contribution >= 0.6 is 0 Å². The number of anilines is 2. The molecule has 5 heteroatoms. The van der Waals surface area contributed by atoms with Gasteiger partial charge in [0.2, 0.25) is 5.95 Å². The number of piperazine rings is 1. The summed E-state index contributed by atoms with van der Waals surface area (Å²) in [6, 6.07) is 2.60. The van der Waals surface area contributed by atoms with Gasteiger partial charge in [0.15, 0.2) is 0 Å². The van der Waals surface area contributed by atoms with Crippen molar-refractivity contribution in [2.24, 2.45) is 0 Å². The predicted molar refractivity (Wildman–Crippen MR) is 70.0 cm³/mol. The smallest absolute Gasteiger partial charge is 0.221 e. The molecule has 0 saturated carbocycles. The molecular formula is C12H21N5. The van der Waals surface area contributed by atoms with Crippen molar-refractivity contribution < 1.29 is 0 Å². The summed E-state index contributed by atoms with van der Waals surface area (Å²) in [7, 11) is 0. The summed E-state index contributed by atoms with van der Waals surface area (Å²) >= 11 is 0. The summed E-state index contributed by atoms with van der Waals surface area (Å²) in [6.45, 7) is 8.75. The zero-order valence-corrected chi connectivity index (χ0v) is 10.6. The lowest BCUT2D eigenvalue weighted by atomic mass is 10.2. The van der Waals surface area contributed by atoms with Gasteiger partial charge in [0.05, 0.1) is 0 Å². The molecule has 0 spiro atoms. The SMILES string of the molecule is CCC(C)N1CCN(c2ccnc(N)n2)CC1. The number of nitrogens with zero attached hydrogens (tertiary/aromatic N) is 4. The van der Waals surface area contributed by atoms with E-state index in [1.807, 2.05) is 6.07 Å². The van der Waals surface area contributed by atoms with Gasteiger partial charge in [-0.05, 0) is 19.4 Å². The molecule has 17 heavy (non-hydrogen) atoms. The van der Waals surface area contributed by atoms with Gasteiger partial charge >= 0.3 is 0 Å². The van der Waals surface area contributed by atoms with E-state index in [1.54, 1.807) is 6.20 Å². The van der Waals surface area contributed by atoms with Gasteiger partial charge in [0.1, 0.15) is 5.82 Å². The Balaban J connectivity index is 1.95. The molecule has 1 unspecified atom stereocenters. The van der Waals surface area contributed by atoms with Crippen LogP contribution in [0.3, 0.4) is 0 Å². The van der Waals surface area contributed by atoms with Crippen molar-refractivity contribution >= 4 is 11.8 Å². The van der Waals surface area contributed by atoms with E-state index in [0.717, 1.165) is 32.0 Å². The number of aromatic nitrogens is 2. The van der Waals surface area contributed by atoms with Crippen LogP contribution < -0.4 is 10.6 Å². The molecule has 0 aliphatic carbocycles. The average Bonchev–Trinajstić information content (AvgIpc) is 2.38. The Labute approximate surface area is 103 Å². The highest BCUT2D eigenvalue weighted by Crippen LogP contribution is 2.15. The molecule has 1 aliphatic heterocycles. The third kappa shape index (κ3) is 2.85. The lowest BCUT2D eigenvalue weighted by Gasteiger charge is -2.38. The molecule has 5 nitrogen and oxygen atoms in total. The van der Waals surface area contributed by atoms with Crippen molar-refractivity contribution in [1.82, 2.24) is 14.9 Å². The first-order valence-electron chi connectivity index (χ1n) is 6.28. The molecule has 1 atom stereocenters. The van der Waals surface area contributed by atoms with Crippen molar-refractivity contribution in [1.29, 1.82) is 0 Å². The average molecular weight is 235 g/mol. The number of hydrogen-bond acceptors (Lipinski definition) is 5. The van der Waals surface area contributed by atoms with E-state index in [-0.39, 0.29) is 0 Å². The topological polar surface area (TPSA) is 58.3 Å². The van der Waals surface area contributed by atoms with Crippen LogP contribution in [0.15, 0.2) is 12.3 Å². The molecule has 2 rings (SSSR count). The lowest BCUT2D eigenvalue weighted by Crippen LogP contribution is -2.49. The highest BCUT2D eigenvalue weighted by Gasteiger charge is 2.20. The largest absolute Gasteiger partial charge is 0.368 e. The fourth-order valence-corrected chi connectivity index (χ4v) is 2.19. The molecule has 0 radical (unpaired) electrons. The van der Waals surface area contributed by atoms with Gasteiger partial charge in [-0.15, -0.1) is 0 Å². The van der Waals surface area contributed by atoms with Crippen LogP contribution in [0.1, 0.15) is 20.3 Å². The van der Waals surface area contributed by atoms with Gasteiger partial charge in [0.25, 0.3) is 0 Å². The van der Waals surface area contributed by atoms with Crippen molar-refractivity contribution in [3.05, 3.63) is 12.3 Å². The van der Waals surface area contributed by atoms with Crippen LogP contribution in [-0.2, 0) is 0 Å². The number of nitrogen functional groups attached to an aromatic ring is 1. The molecule has 0 amide bonds. The fourth-order valence-electron chi connectivity index (χ4n) is 2.19. The fraction of sp³-hybridized carbons (Fsp3) is 0.667. The Morgan fingerprint density at radius 2 is 2.06 bits per heavy atom. The summed E-state index contributed by atoms with van der Waals surface area (Å²) in [5.41, 5.74) is 5.60. The van der Waals surface area contributed by atoms with E-state index < -0.39 is 0 Å². The molecule has 1 saturated heterocycles. The number of hydrogen-bond donors (Lipinski definition) is 1. The second-order valence-corrected chi connectivity index (χ2v) is 4.55. The van der Waals surface area contributed by atoms with E-state index in [9.17, 15) is 0 Å². The van der Waals surface area contributed by atoms with Crippen LogP contribution in [0.2, 0.25) is 0 Å². The van der Waals surface area contributed by atoms with Crippen molar-refractivity contribution in [2.75, 3.05) is 36.8 Å². The van der Waals surface area contributed by atoms with Gasteiger partial charge < -0.3 is 10.6 Å². The summed E-state index contributed by atoms with van der Waals surface area (Å²) < 4.78 is 0. The maximum Gasteiger partial charge on any atom is 0.221 e. The summed E-state index contributed by atoms with van der Waals surface area (Å²) in [5.74, 6) is 1.30. The molecule has 2 N–H and O–H groups in total. The van der Waals surface area contributed by atoms with Crippen molar-refractivity contribution in [3.8, 4) is 0 Å². The van der Waals surface area contributed by atoms with Crippen LogP contribution in [0, 0.1) is 0 Å². The Hall–Kier alpha value is -1.36. The van der Waals surface area contributed by atoms with Gasteiger partial charge in [-0.3, -0.25) is 4.90 Å². The van der Waals surface area contributed by atoms with Crippen LogP contribution in [0.5, 0.6) is 0 Å². The molecule has 0 bridgehead atoms. The highest BCUT2D eigenvalue weighted by atomic mass is 15.3. The molecule has 1 fully saturated rings. The highest BCUT2D eigenvalue weighted by molar-refractivity contribution is 5.41. The lowest BCUT2D eigenvalue weighted by molar-refractivity contribution is 0.192. The Morgan fingerprint density at radius 1 is 1.35 bits per heavy atom. The van der Waals surface area contributed by atoms with E-state index in [4.69, 9.17) is 5.73 Å². The molecule has 1 aliphatic rings. The van der Waals surface area contributed by atoms with Crippen molar-refractivity contribution in [2.45, 2.75) is 26.3 Å². The minimum atomic E-state index is 0.354. The Bertz CT molecular complexity index is 360. The number of nitrogens with two attached hydrogens (primary N) is 1. The van der Waals surface area contributed by atoms with E-state index in [1.165, 1.54) is 6.42 Å². The summed E-state index contributed by atoms with van der Waals surface area (Å²) in [4.78, 5) is 13.0. The second kappa shape index (κ2) is 5.31. The minimum absolute atomic E-state index is 0.354. The second-order valence-electron chi connectivity index (χ2n) is 4.55. The van der Waals surface area contributed by atoms with Gasteiger partial charge in [0, 0.05) is 38.4 Å². The maximum atomic E-state index is 5.60.